The highest BCUT2D eigenvalue weighted by molar-refractivity contribution is 6.33. The van der Waals surface area contributed by atoms with Crippen molar-refractivity contribution in [1.82, 2.24) is 0 Å². The molecule has 0 aliphatic rings. The molecule has 0 aliphatic heterocycles. The number of hydrogen-bond donors (Lipinski definition) is 1. The number of furan rings is 1. The maximum Gasteiger partial charge on any atom is 0.106 e. The van der Waals surface area contributed by atoms with Gasteiger partial charge in [0.1, 0.15) is 11.5 Å². The first-order valence-corrected chi connectivity index (χ1v) is 6.45. The Kier molecular flexibility index (Phi) is 3.67. The number of hydrogen-bond acceptors (Lipinski definition) is 2. The second kappa shape index (κ2) is 5.07. The van der Waals surface area contributed by atoms with E-state index >= 15 is 0 Å². The van der Waals surface area contributed by atoms with E-state index in [1.165, 1.54) is 5.56 Å². The summed E-state index contributed by atoms with van der Waals surface area (Å²) in [6.07, 6.45) is 0. The smallest absolute Gasteiger partial charge is 0.106 e. The topological polar surface area (TPSA) is 25.2 Å². The summed E-state index contributed by atoms with van der Waals surface area (Å²) in [5, 5.41) is 4.21. The molecule has 18 heavy (non-hydrogen) atoms. The summed E-state index contributed by atoms with van der Waals surface area (Å²) in [7, 11) is 0. The van der Waals surface area contributed by atoms with Gasteiger partial charge in [-0.2, -0.15) is 0 Å². The average Bonchev–Trinajstić information content (AvgIpc) is 2.63. The Labute approximate surface area is 113 Å². The third-order valence-electron chi connectivity index (χ3n) is 3.13. The lowest BCUT2D eigenvalue weighted by molar-refractivity contribution is 0.500. The van der Waals surface area contributed by atoms with Crippen molar-refractivity contribution in [1.29, 1.82) is 0 Å². The maximum absolute atomic E-state index is 6.22. The van der Waals surface area contributed by atoms with Crippen LogP contribution in [0.5, 0.6) is 0 Å². The van der Waals surface area contributed by atoms with Crippen molar-refractivity contribution in [2.75, 3.05) is 5.32 Å². The Morgan fingerprint density at radius 1 is 1.22 bits per heavy atom. The SMILES string of the molecule is Cc1cc(C(C)Nc2c(C)cccc2Cl)c(C)o1. The number of nitrogens with one attached hydrogen (secondary N) is 1. The van der Waals surface area contributed by atoms with E-state index in [4.69, 9.17) is 16.0 Å². The largest absolute Gasteiger partial charge is 0.466 e. The van der Waals surface area contributed by atoms with Gasteiger partial charge in [-0.05, 0) is 45.4 Å². The van der Waals surface area contributed by atoms with Crippen LogP contribution in [0.1, 0.15) is 35.6 Å². The van der Waals surface area contributed by atoms with E-state index in [1.54, 1.807) is 0 Å². The van der Waals surface area contributed by atoms with Crippen molar-refractivity contribution in [3.63, 3.8) is 0 Å². The van der Waals surface area contributed by atoms with E-state index in [-0.39, 0.29) is 6.04 Å². The Morgan fingerprint density at radius 2 is 1.94 bits per heavy atom. The highest BCUT2D eigenvalue weighted by Crippen LogP contribution is 2.31. The van der Waals surface area contributed by atoms with E-state index in [9.17, 15) is 0 Å². The fraction of sp³-hybridized carbons (Fsp3) is 0.333. The molecule has 0 fully saturated rings. The Balaban J connectivity index is 2.26. The van der Waals surface area contributed by atoms with Crippen LogP contribution >= 0.6 is 11.6 Å². The first-order chi connectivity index (χ1) is 8.49. The van der Waals surface area contributed by atoms with Crippen molar-refractivity contribution in [3.05, 3.63) is 51.9 Å². The predicted octanol–water partition coefficient (Wildman–Crippen LogP) is 5.03. The first-order valence-electron chi connectivity index (χ1n) is 6.07. The zero-order valence-corrected chi connectivity index (χ0v) is 11.9. The first kappa shape index (κ1) is 13.0. The molecule has 1 aromatic heterocycles. The zero-order valence-electron chi connectivity index (χ0n) is 11.2. The highest BCUT2D eigenvalue weighted by atomic mass is 35.5. The number of anilines is 1. The van der Waals surface area contributed by atoms with Gasteiger partial charge in [-0.25, -0.2) is 0 Å². The molecule has 1 N–H and O–H groups in total. The summed E-state index contributed by atoms with van der Waals surface area (Å²) in [4.78, 5) is 0. The molecule has 1 atom stereocenters. The van der Waals surface area contributed by atoms with Gasteiger partial charge in [-0.1, -0.05) is 23.7 Å². The van der Waals surface area contributed by atoms with Crippen molar-refractivity contribution < 1.29 is 4.42 Å². The van der Waals surface area contributed by atoms with Crippen LogP contribution in [0.25, 0.3) is 0 Å². The summed E-state index contributed by atoms with van der Waals surface area (Å²) in [6, 6.07) is 8.15. The molecule has 0 saturated carbocycles. The van der Waals surface area contributed by atoms with Crippen molar-refractivity contribution in [2.45, 2.75) is 33.7 Å². The summed E-state index contributed by atoms with van der Waals surface area (Å²) < 4.78 is 5.56. The molecule has 96 valence electrons. The Bertz CT molecular complexity index is 539. The van der Waals surface area contributed by atoms with Crippen molar-refractivity contribution in [2.24, 2.45) is 0 Å². The molecular formula is C15H18ClNO. The molecule has 3 heteroatoms. The van der Waals surface area contributed by atoms with Crippen LogP contribution in [0.4, 0.5) is 5.69 Å². The molecule has 1 heterocycles. The molecule has 2 rings (SSSR count). The minimum absolute atomic E-state index is 0.168. The lowest BCUT2D eigenvalue weighted by Gasteiger charge is -2.17. The number of para-hydroxylation sites is 1. The van der Waals surface area contributed by atoms with Crippen LogP contribution in [0.3, 0.4) is 0 Å². The normalized spacial score (nSPS) is 12.5. The van der Waals surface area contributed by atoms with Gasteiger partial charge in [0, 0.05) is 5.56 Å². The molecule has 2 aromatic rings. The number of rotatable bonds is 3. The van der Waals surface area contributed by atoms with Crippen LogP contribution in [0, 0.1) is 20.8 Å². The van der Waals surface area contributed by atoms with E-state index in [2.05, 4.69) is 31.3 Å². The van der Waals surface area contributed by atoms with Gasteiger partial charge >= 0.3 is 0 Å². The summed E-state index contributed by atoms with van der Waals surface area (Å²) in [5.41, 5.74) is 3.31. The minimum Gasteiger partial charge on any atom is -0.466 e. The molecular weight excluding hydrogens is 246 g/mol. The number of aryl methyl sites for hydroxylation is 3. The van der Waals surface area contributed by atoms with Gasteiger partial charge in [0.25, 0.3) is 0 Å². The second-order valence-corrected chi connectivity index (χ2v) is 5.07. The van der Waals surface area contributed by atoms with E-state index < -0.39 is 0 Å². The molecule has 0 spiro atoms. The Hall–Kier alpha value is -1.41. The van der Waals surface area contributed by atoms with Crippen LogP contribution in [-0.4, -0.2) is 0 Å². The van der Waals surface area contributed by atoms with Crippen molar-refractivity contribution in [3.8, 4) is 0 Å². The summed E-state index contributed by atoms with van der Waals surface area (Å²) in [5.74, 6) is 1.89. The van der Waals surface area contributed by atoms with Crippen LogP contribution in [0.2, 0.25) is 5.02 Å². The molecule has 1 unspecified atom stereocenters. The minimum atomic E-state index is 0.168. The van der Waals surface area contributed by atoms with Gasteiger partial charge in [-0.3, -0.25) is 0 Å². The second-order valence-electron chi connectivity index (χ2n) is 4.67. The molecule has 2 nitrogen and oxygen atoms in total. The van der Waals surface area contributed by atoms with Crippen LogP contribution in [0.15, 0.2) is 28.7 Å². The zero-order chi connectivity index (χ0) is 13.3. The van der Waals surface area contributed by atoms with Gasteiger partial charge in [0.15, 0.2) is 0 Å². The molecule has 1 aromatic carbocycles. The van der Waals surface area contributed by atoms with Gasteiger partial charge in [-0.15, -0.1) is 0 Å². The van der Waals surface area contributed by atoms with E-state index in [0.717, 1.165) is 27.8 Å². The lowest BCUT2D eigenvalue weighted by Crippen LogP contribution is -2.08. The standard InChI is InChI=1S/C15H18ClNO/c1-9-6-5-7-14(16)15(9)17-11(3)13-8-10(2)18-12(13)4/h5-8,11,17H,1-4H3. The number of halogens is 1. The fourth-order valence-corrected chi connectivity index (χ4v) is 2.47. The van der Waals surface area contributed by atoms with Gasteiger partial charge in [0.05, 0.1) is 16.8 Å². The Morgan fingerprint density at radius 3 is 2.50 bits per heavy atom. The average molecular weight is 264 g/mol. The van der Waals surface area contributed by atoms with E-state index in [0.29, 0.717) is 0 Å². The maximum atomic E-state index is 6.22. The summed E-state index contributed by atoms with van der Waals surface area (Å²) >= 11 is 6.22. The molecule has 0 bridgehead atoms. The van der Waals surface area contributed by atoms with E-state index in [1.807, 2.05) is 26.0 Å². The molecule has 0 saturated heterocycles. The molecule has 0 aliphatic carbocycles. The van der Waals surface area contributed by atoms with Crippen molar-refractivity contribution >= 4 is 17.3 Å². The lowest BCUT2D eigenvalue weighted by atomic mass is 10.1. The third kappa shape index (κ3) is 2.54. The van der Waals surface area contributed by atoms with Crippen LogP contribution in [-0.2, 0) is 0 Å². The predicted molar refractivity (Wildman–Crippen MR) is 76.4 cm³/mol. The fourth-order valence-electron chi connectivity index (χ4n) is 2.19. The monoisotopic (exact) mass is 263 g/mol. The van der Waals surface area contributed by atoms with Crippen LogP contribution < -0.4 is 5.32 Å². The van der Waals surface area contributed by atoms with Gasteiger partial charge in [0.2, 0.25) is 0 Å². The highest BCUT2D eigenvalue weighted by Gasteiger charge is 2.14. The third-order valence-corrected chi connectivity index (χ3v) is 3.44. The number of benzene rings is 1. The molecule has 0 radical (unpaired) electrons. The quantitative estimate of drug-likeness (QED) is 0.840. The summed E-state index contributed by atoms with van der Waals surface area (Å²) in [6.45, 7) is 8.11. The molecule has 0 amide bonds. The van der Waals surface area contributed by atoms with Gasteiger partial charge < -0.3 is 9.73 Å².